The van der Waals surface area contributed by atoms with Crippen LogP contribution >= 0.6 is 0 Å². The Hall–Kier alpha value is -1.53. The van der Waals surface area contributed by atoms with Gasteiger partial charge in [-0.2, -0.15) is 5.26 Å². The molecule has 1 aromatic carbocycles. The van der Waals surface area contributed by atoms with Gasteiger partial charge in [0.15, 0.2) is 0 Å². The topological polar surface area (TPSA) is 45.0 Å². The second kappa shape index (κ2) is 7.81. The third-order valence-electron chi connectivity index (χ3n) is 3.64. The normalized spacial score (nSPS) is 13.6. The number of aryl methyl sites for hydroxylation is 1. The van der Waals surface area contributed by atoms with Gasteiger partial charge in [0.05, 0.1) is 12.7 Å². The largest absolute Gasteiger partial charge is 0.494 e. The van der Waals surface area contributed by atoms with Gasteiger partial charge in [-0.3, -0.25) is 0 Å². The van der Waals surface area contributed by atoms with Crippen LogP contribution in [0.3, 0.4) is 0 Å². The Labute approximate surface area is 116 Å². The molecule has 1 aromatic rings. The minimum atomic E-state index is -0.407. The van der Waals surface area contributed by atoms with Crippen LogP contribution in [0.15, 0.2) is 24.3 Å². The van der Waals surface area contributed by atoms with E-state index in [2.05, 4.69) is 30.4 Å². The number of nitrogens with zero attached hydrogens (tertiary/aromatic N) is 1. The van der Waals surface area contributed by atoms with Crippen molar-refractivity contribution in [2.75, 3.05) is 13.7 Å². The molecule has 0 fully saturated rings. The summed E-state index contributed by atoms with van der Waals surface area (Å²) in [6, 6.07) is 10.6. The van der Waals surface area contributed by atoms with Gasteiger partial charge >= 0.3 is 0 Å². The molecule has 1 atom stereocenters. The van der Waals surface area contributed by atoms with Crippen LogP contribution in [-0.2, 0) is 6.42 Å². The van der Waals surface area contributed by atoms with Gasteiger partial charge in [-0.1, -0.05) is 26.0 Å². The van der Waals surface area contributed by atoms with E-state index in [9.17, 15) is 5.26 Å². The highest BCUT2D eigenvalue weighted by Crippen LogP contribution is 2.17. The highest BCUT2D eigenvalue weighted by molar-refractivity contribution is 5.27. The van der Waals surface area contributed by atoms with Crippen molar-refractivity contribution in [3.63, 3.8) is 0 Å². The number of ether oxygens (including phenoxy) is 1. The van der Waals surface area contributed by atoms with Crippen molar-refractivity contribution in [2.24, 2.45) is 0 Å². The molecule has 19 heavy (non-hydrogen) atoms. The Morgan fingerprint density at radius 2 is 1.95 bits per heavy atom. The number of nitrogens with one attached hydrogen (secondary N) is 1. The molecule has 0 aliphatic carbocycles. The maximum atomic E-state index is 9.20. The summed E-state index contributed by atoms with van der Waals surface area (Å²) >= 11 is 0. The predicted octanol–water partition coefficient (Wildman–Crippen LogP) is 3.30. The highest BCUT2D eigenvalue weighted by atomic mass is 16.5. The third-order valence-corrected chi connectivity index (χ3v) is 3.64. The summed E-state index contributed by atoms with van der Waals surface area (Å²) in [5.74, 6) is 0.903. The SMILES string of the molecule is CCc1ccc(OCCCC(C#N)(CC)NC)cc1. The number of benzene rings is 1. The molecule has 1 unspecified atom stereocenters. The molecular formula is C16H24N2O. The Balaban J connectivity index is 2.36. The van der Waals surface area contributed by atoms with Crippen LogP contribution in [0.4, 0.5) is 0 Å². The van der Waals surface area contributed by atoms with Crippen LogP contribution in [0, 0.1) is 11.3 Å². The van der Waals surface area contributed by atoms with Gasteiger partial charge in [-0.05, 0) is 50.4 Å². The first-order valence-electron chi connectivity index (χ1n) is 7.01. The standard InChI is InChI=1S/C16H24N2O/c1-4-14-7-9-15(10-8-14)19-12-6-11-16(5-2,13-17)18-3/h7-10,18H,4-6,11-12H2,1-3H3. The number of hydrogen-bond donors (Lipinski definition) is 1. The molecule has 0 aliphatic rings. The van der Waals surface area contributed by atoms with Crippen LogP contribution in [0.25, 0.3) is 0 Å². The lowest BCUT2D eigenvalue weighted by atomic mass is 9.92. The average molecular weight is 260 g/mol. The first-order chi connectivity index (χ1) is 9.19. The first kappa shape index (κ1) is 15.5. The lowest BCUT2D eigenvalue weighted by molar-refractivity contribution is 0.281. The van der Waals surface area contributed by atoms with E-state index >= 15 is 0 Å². The molecule has 0 saturated heterocycles. The molecule has 0 bridgehead atoms. The van der Waals surface area contributed by atoms with Gasteiger partial charge in [0.2, 0.25) is 0 Å². The molecule has 0 heterocycles. The monoisotopic (exact) mass is 260 g/mol. The molecule has 0 amide bonds. The van der Waals surface area contributed by atoms with Crippen molar-refractivity contribution in [2.45, 2.75) is 45.1 Å². The van der Waals surface area contributed by atoms with Crippen LogP contribution in [0.1, 0.15) is 38.7 Å². The highest BCUT2D eigenvalue weighted by Gasteiger charge is 2.24. The molecule has 0 spiro atoms. The zero-order valence-electron chi connectivity index (χ0n) is 12.2. The Kier molecular flexibility index (Phi) is 6.38. The molecule has 0 radical (unpaired) electrons. The lowest BCUT2D eigenvalue weighted by Gasteiger charge is -2.24. The van der Waals surface area contributed by atoms with Crippen LogP contribution < -0.4 is 10.1 Å². The van der Waals surface area contributed by atoms with E-state index < -0.39 is 5.54 Å². The molecule has 0 aliphatic heterocycles. The fourth-order valence-corrected chi connectivity index (χ4v) is 2.05. The van der Waals surface area contributed by atoms with Crippen molar-refractivity contribution in [3.05, 3.63) is 29.8 Å². The van der Waals surface area contributed by atoms with Gasteiger partial charge in [0, 0.05) is 0 Å². The fourth-order valence-electron chi connectivity index (χ4n) is 2.05. The Bertz CT molecular complexity index is 402. The van der Waals surface area contributed by atoms with Gasteiger partial charge in [0.25, 0.3) is 0 Å². The quantitative estimate of drug-likeness (QED) is 0.729. The number of rotatable bonds is 8. The van der Waals surface area contributed by atoms with Crippen molar-refractivity contribution < 1.29 is 4.74 Å². The van der Waals surface area contributed by atoms with E-state index in [1.165, 1.54) is 5.56 Å². The second-order valence-corrected chi connectivity index (χ2v) is 4.75. The summed E-state index contributed by atoms with van der Waals surface area (Å²) in [5.41, 5.74) is 0.909. The molecular weight excluding hydrogens is 236 g/mol. The molecule has 0 saturated carbocycles. The smallest absolute Gasteiger partial charge is 0.119 e. The second-order valence-electron chi connectivity index (χ2n) is 4.75. The molecule has 0 aromatic heterocycles. The number of hydrogen-bond acceptors (Lipinski definition) is 3. The minimum Gasteiger partial charge on any atom is -0.494 e. The van der Waals surface area contributed by atoms with Crippen molar-refractivity contribution in [3.8, 4) is 11.8 Å². The van der Waals surface area contributed by atoms with Gasteiger partial charge < -0.3 is 10.1 Å². The predicted molar refractivity (Wildman–Crippen MR) is 78.2 cm³/mol. The summed E-state index contributed by atoms with van der Waals surface area (Å²) in [6.45, 7) is 4.82. The summed E-state index contributed by atoms with van der Waals surface area (Å²) in [4.78, 5) is 0. The summed E-state index contributed by atoms with van der Waals surface area (Å²) in [7, 11) is 1.84. The third kappa shape index (κ3) is 4.57. The average Bonchev–Trinajstić information content (AvgIpc) is 2.49. The molecule has 104 valence electrons. The summed E-state index contributed by atoms with van der Waals surface area (Å²) in [6.07, 6.45) is 3.54. The molecule has 1 N–H and O–H groups in total. The van der Waals surface area contributed by atoms with Gasteiger partial charge in [0.1, 0.15) is 11.3 Å². The molecule has 3 heteroatoms. The van der Waals surface area contributed by atoms with E-state index in [1.807, 2.05) is 26.1 Å². The molecule has 1 rings (SSSR count). The number of nitriles is 1. The summed E-state index contributed by atoms with van der Waals surface area (Å²) < 4.78 is 5.70. The zero-order valence-corrected chi connectivity index (χ0v) is 12.2. The van der Waals surface area contributed by atoms with Gasteiger partial charge in [-0.15, -0.1) is 0 Å². The van der Waals surface area contributed by atoms with Crippen LogP contribution in [-0.4, -0.2) is 19.2 Å². The van der Waals surface area contributed by atoms with Gasteiger partial charge in [-0.25, -0.2) is 0 Å². The van der Waals surface area contributed by atoms with E-state index in [4.69, 9.17) is 4.74 Å². The van der Waals surface area contributed by atoms with E-state index in [1.54, 1.807) is 0 Å². The maximum Gasteiger partial charge on any atom is 0.119 e. The van der Waals surface area contributed by atoms with Crippen molar-refractivity contribution in [1.82, 2.24) is 5.32 Å². The van der Waals surface area contributed by atoms with E-state index in [-0.39, 0.29) is 0 Å². The zero-order chi connectivity index (χ0) is 14.1. The molecule has 3 nitrogen and oxygen atoms in total. The minimum absolute atomic E-state index is 0.407. The lowest BCUT2D eigenvalue weighted by Crippen LogP contribution is -2.41. The first-order valence-corrected chi connectivity index (χ1v) is 7.01. The van der Waals surface area contributed by atoms with E-state index in [0.717, 1.165) is 31.4 Å². The van der Waals surface area contributed by atoms with Crippen molar-refractivity contribution in [1.29, 1.82) is 5.26 Å². The Morgan fingerprint density at radius 3 is 2.42 bits per heavy atom. The van der Waals surface area contributed by atoms with E-state index in [0.29, 0.717) is 6.61 Å². The summed E-state index contributed by atoms with van der Waals surface area (Å²) in [5, 5.41) is 12.3. The van der Waals surface area contributed by atoms with Crippen LogP contribution in [0.2, 0.25) is 0 Å². The van der Waals surface area contributed by atoms with Crippen molar-refractivity contribution >= 4 is 0 Å². The Morgan fingerprint density at radius 1 is 1.26 bits per heavy atom. The fraction of sp³-hybridized carbons (Fsp3) is 0.562. The maximum absolute atomic E-state index is 9.20. The van der Waals surface area contributed by atoms with Crippen LogP contribution in [0.5, 0.6) is 5.75 Å².